The summed E-state index contributed by atoms with van der Waals surface area (Å²) in [6.45, 7) is 5.40. The number of hydrogen-bond donors (Lipinski definition) is 1. The van der Waals surface area contributed by atoms with Crippen molar-refractivity contribution in [2.24, 2.45) is 0 Å². The van der Waals surface area contributed by atoms with E-state index in [0.717, 1.165) is 49.5 Å². The zero-order valence-electron chi connectivity index (χ0n) is 25.7. The van der Waals surface area contributed by atoms with Gasteiger partial charge in [-0.3, -0.25) is 9.59 Å². The van der Waals surface area contributed by atoms with Crippen molar-refractivity contribution in [1.29, 1.82) is 0 Å². The summed E-state index contributed by atoms with van der Waals surface area (Å²) < 4.78 is 42.5. The minimum absolute atomic E-state index is 0.0131. The molecule has 0 saturated heterocycles. The number of hydrogen-bond acceptors (Lipinski definition) is 6. The third-order valence-corrected chi connectivity index (χ3v) is 9.64. The fraction of sp³-hybridized carbons (Fsp3) is 0.216. The van der Waals surface area contributed by atoms with Gasteiger partial charge >= 0.3 is 0 Å². The van der Waals surface area contributed by atoms with Gasteiger partial charge in [-0.05, 0) is 58.3 Å². The third-order valence-electron chi connectivity index (χ3n) is 8.71. The number of nitrogens with one attached hydrogen (secondary N) is 1. The van der Waals surface area contributed by atoms with Crippen LogP contribution in [0.25, 0.3) is 43.7 Å². The van der Waals surface area contributed by atoms with Crippen LogP contribution in [0.5, 0.6) is 5.75 Å². The van der Waals surface area contributed by atoms with Gasteiger partial charge in [-0.15, -0.1) is 11.3 Å². The zero-order chi connectivity index (χ0) is 32.7. The summed E-state index contributed by atoms with van der Waals surface area (Å²) in [4.78, 5) is 31.5. The predicted octanol–water partition coefficient (Wildman–Crippen LogP) is 6.84. The number of carbonyl (C=O) groups is 2. The van der Waals surface area contributed by atoms with Gasteiger partial charge in [0.15, 0.2) is 0 Å². The number of pyridine rings is 1. The van der Waals surface area contributed by atoms with Crippen LogP contribution in [0.4, 0.5) is 8.78 Å². The van der Waals surface area contributed by atoms with Crippen LogP contribution in [-0.4, -0.2) is 48.6 Å². The Kier molecular flexibility index (Phi) is 8.30. The lowest BCUT2D eigenvalue weighted by Gasteiger charge is -2.28. The number of fused-ring (bicyclic) bond motifs is 3. The fourth-order valence-corrected chi connectivity index (χ4v) is 7.34. The number of carbonyl (C=O) groups excluding carboxylic acids is 2. The summed E-state index contributed by atoms with van der Waals surface area (Å²) in [5.74, 6) is -1.63. The first kappa shape index (κ1) is 30.7. The Hall–Kier alpha value is -4.93. The van der Waals surface area contributed by atoms with E-state index >= 15 is 4.39 Å². The van der Waals surface area contributed by atoms with Crippen molar-refractivity contribution < 1.29 is 27.8 Å². The molecule has 2 aliphatic rings. The SMILES string of the molecule is C=CC(=O)N1CCc2ccc(-c3nc(-c4ccc5c(c4)CNC(=O)C5)c4ccsc4c3-c3c(F)cc(F)cc3OCCOC)cc2C1. The zero-order valence-corrected chi connectivity index (χ0v) is 26.5. The Bertz CT molecular complexity index is 2080. The van der Waals surface area contributed by atoms with Gasteiger partial charge < -0.3 is 19.7 Å². The Morgan fingerprint density at radius 2 is 1.79 bits per heavy atom. The smallest absolute Gasteiger partial charge is 0.246 e. The summed E-state index contributed by atoms with van der Waals surface area (Å²) in [5.41, 5.74) is 7.44. The minimum Gasteiger partial charge on any atom is -0.490 e. The highest BCUT2D eigenvalue weighted by molar-refractivity contribution is 7.18. The molecule has 238 valence electrons. The van der Waals surface area contributed by atoms with Crippen LogP contribution in [-0.2, 0) is 40.3 Å². The molecule has 3 aromatic carbocycles. The molecule has 10 heteroatoms. The number of thiophene rings is 1. The van der Waals surface area contributed by atoms with E-state index in [-0.39, 0.29) is 36.3 Å². The van der Waals surface area contributed by atoms with E-state index in [1.54, 1.807) is 4.90 Å². The average Bonchev–Trinajstić information content (AvgIpc) is 3.57. The molecule has 0 aliphatic carbocycles. The molecule has 7 nitrogen and oxygen atoms in total. The fourth-order valence-electron chi connectivity index (χ4n) is 6.39. The molecular formula is C37H31F2N3O4S. The molecule has 7 rings (SSSR count). The maximum atomic E-state index is 16.1. The number of halogens is 2. The third kappa shape index (κ3) is 5.79. The van der Waals surface area contributed by atoms with Crippen molar-refractivity contribution >= 4 is 33.2 Å². The molecule has 1 N–H and O–H groups in total. The molecular weight excluding hydrogens is 620 g/mol. The van der Waals surface area contributed by atoms with E-state index in [1.165, 1.54) is 30.6 Å². The van der Waals surface area contributed by atoms with Gasteiger partial charge in [0.2, 0.25) is 11.8 Å². The van der Waals surface area contributed by atoms with Crippen molar-refractivity contribution in [2.75, 3.05) is 26.9 Å². The lowest BCUT2D eigenvalue weighted by atomic mass is 9.91. The molecule has 4 heterocycles. The number of nitrogens with zero attached hydrogens (tertiary/aromatic N) is 2. The van der Waals surface area contributed by atoms with Gasteiger partial charge in [0.25, 0.3) is 0 Å². The lowest BCUT2D eigenvalue weighted by Crippen LogP contribution is -2.34. The van der Waals surface area contributed by atoms with E-state index in [4.69, 9.17) is 14.5 Å². The van der Waals surface area contributed by atoms with Crippen molar-refractivity contribution in [3.05, 3.63) is 107 Å². The first-order valence-electron chi connectivity index (χ1n) is 15.3. The quantitative estimate of drug-likeness (QED) is 0.147. The van der Waals surface area contributed by atoms with Gasteiger partial charge in [0, 0.05) is 65.7 Å². The van der Waals surface area contributed by atoms with E-state index in [2.05, 4.69) is 11.9 Å². The van der Waals surface area contributed by atoms with Crippen LogP contribution < -0.4 is 10.1 Å². The molecule has 0 bridgehead atoms. The Morgan fingerprint density at radius 3 is 2.60 bits per heavy atom. The van der Waals surface area contributed by atoms with Gasteiger partial charge in [0.05, 0.1) is 30.0 Å². The number of methoxy groups -OCH3 is 1. The molecule has 5 aromatic rings. The highest BCUT2D eigenvalue weighted by Gasteiger charge is 2.27. The molecule has 0 atom stereocenters. The van der Waals surface area contributed by atoms with E-state index < -0.39 is 11.6 Å². The second-order valence-electron chi connectivity index (χ2n) is 11.6. The molecule has 2 amide bonds. The van der Waals surface area contributed by atoms with E-state index in [9.17, 15) is 14.0 Å². The Labute approximate surface area is 274 Å². The summed E-state index contributed by atoms with van der Waals surface area (Å²) in [5, 5.41) is 5.65. The second kappa shape index (κ2) is 12.7. The number of aromatic nitrogens is 1. The van der Waals surface area contributed by atoms with Crippen LogP contribution in [0.2, 0.25) is 0 Å². The standard InChI is InChI=1S/C37H31F2N3O4S/c1-3-32(44)42-10-8-21-4-6-24(15-26(21)20-42)36-34(33-29(39)17-27(38)18-30(33)46-12-11-45-2)37-28(9-13-47-37)35(41-36)23-7-5-22-16-31(43)40-19-25(22)14-23/h3-7,9,13-15,17-18H,1,8,10-12,16,19-20H2,2H3,(H,40,43). The molecule has 0 radical (unpaired) electrons. The molecule has 2 aliphatic heterocycles. The van der Waals surface area contributed by atoms with Crippen molar-refractivity contribution in [2.45, 2.75) is 25.9 Å². The summed E-state index contributed by atoms with van der Waals surface area (Å²) in [6.07, 6.45) is 2.33. The number of benzene rings is 3. The monoisotopic (exact) mass is 651 g/mol. The predicted molar refractivity (Wildman–Crippen MR) is 178 cm³/mol. The molecule has 0 fully saturated rings. The lowest BCUT2D eigenvalue weighted by molar-refractivity contribution is -0.127. The summed E-state index contributed by atoms with van der Waals surface area (Å²) >= 11 is 1.44. The Morgan fingerprint density at radius 1 is 1.00 bits per heavy atom. The van der Waals surface area contributed by atoms with Gasteiger partial charge in [0.1, 0.15) is 24.0 Å². The first-order valence-corrected chi connectivity index (χ1v) is 16.2. The molecule has 0 unspecified atom stereocenters. The van der Waals surface area contributed by atoms with Crippen LogP contribution in [0.15, 0.2) is 72.6 Å². The number of amides is 2. The average molecular weight is 652 g/mol. The van der Waals surface area contributed by atoms with Gasteiger partial charge in [-0.25, -0.2) is 13.8 Å². The van der Waals surface area contributed by atoms with Crippen LogP contribution in [0, 0.1) is 11.6 Å². The largest absolute Gasteiger partial charge is 0.490 e. The van der Waals surface area contributed by atoms with Gasteiger partial charge in [-0.1, -0.05) is 30.8 Å². The molecule has 0 spiro atoms. The topological polar surface area (TPSA) is 80.8 Å². The number of ether oxygens (including phenoxy) is 2. The first-order chi connectivity index (χ1) is 22.8. The van der Waals surface area contributed by atoms with E-state index in [0.29, 0.717) is 49.4 Å². The van der Waals surface area contributed by atoms with Gasteiger partial charge in [-0.2, -0.15) is 0 Å². The highest BCUT2D eigenvalue weighted by Crippen LogP contribution is 2.47. The Balaban J connectivity index is 1.47. The maximum absolute atomic E-state index is 16.1. The minimum atomic E-state index is -0.770. The summed E-state index contributed by atoms with van der Waals surface area (Å²) in [6, 6.07) is 16.0. The van der Waals surface area contributed by atoms with Crippen molar-refractivity contribution in [3.63, 3.8) is 0 Å². The summed E-state index contributed by atoms with van der Waals surface area (Å²) in [7, 11) is 1.53. The molecule has 0 saturated carbocycles. The molecule has 47 heavy (non-hydrogen) atoms. The highest BCUT2D eigenvalue weighted by atomic mass is 32.1. The van der Waals surface area contributed by atoms with Crippen LogP contribution in [0.3, 0.4) is 0 Å². The number of rotatable bonds is 8. The van der Waals surface area contributed by atoms with Crippen molar-refractivity contribution in [1.82, 2.24) is 15.2 Å². The van der Waals surface area contributed by atoms with E-state index in [1.807, 2.05) is 47.8 Å². The van der Waals surface area contributed by atoms with Crippen molar-refractivity contribution in [3.8, 4) is 39.4 Å². The molecule has 2 aromatic heterocycles. The van der Waals surface area contributed by atoms with Crippen LogP contribution in [0.1, 0.15) is 22.3 Å². The normalized spacial score (nSPS) is 14.0. The van der Waals surface area contributed by atoms with Crippen LogP contribution >= 0.6 is 11.3 Å². The maximum Gasteiger partial charge on any atom is 0.246 e. The second-order valence-corrected chi connectivity index (χ2v) is 12.5.